The lowest BCUT2D eigenvalue weighted by Gasteiger charge is -2.57. The summed E-state index contributed by atoms with van der Waals surface area (Å²) >= 11 is 12.0. The number of carbonyl (C=O) groups excluding carboxylic acids is 1. The van der Waals surface area contributed by atoms with E-state index in [9.17, 15) is 4.79 Å². The first-order chi connectivity index (χ1) is 10.2. The van der Waals surface area contributed by atoms with Gasteiger partial charge in [-0.15, -0.1) is 12.4 Å². The molecule has 0 heterocycles. The van der Waals surface area contributed by atoms with Crippen molar-refractivity contribution in [2.24, 2.45) is 11.1 Å². The number of benzene rings is 1. The maximum absolute atomic E-state index is 12.5. The van der Waals surface area contributed by atoms with Crippen LogP contribution in [0.15, 0.2) is 18.2 Å². The lowest BCUT2D eigenvalue weighted by molar-refractivity contribution is -0.170. The minimum absolute atomic E-state index is 0. The Bertz CT molecular complexity index is 580. The summed E-state index contributed by atoms with van der Waals surface area (Å²) in [6, 6.07) is 5.19. The normalized spacial score (nSPS) is 25.2. The van der Waals surface area contributed by atoms with Crippen LogP contribution in [-0.2, 0) is 16.1 Å². The highest BCUT2D eigenvalue weighted by Gasteiger charge is 2.62. The van der Waals surface area contributed by atoms with Gasteiger partial charge in [0.1, 0.15) is 5.54 Å². The second-order valence-electron chi connectivity index (χ2n) is 6.26. The van der Waals surface area contributed by atoms with Crippen LogP contribution in [-0.4, -0.2) is 24.2 Å². The Kier molecular flexibility index (Phi) is 6.76. The summed E-state index contributed by atoms with van der Waals surface area (Å²) in [6.45, 7) is 6.81. The Labute approximate surface area is 153 Å². The average Bonchev–Trinajstić information content (AvgIpc) is 2.45. The molecule has 1 fully saturated rings. The SMILES string of the molecule is CCOC1CC(N)(C(=O)NCc2ccc(Cl)cc2Cl)C1(C)C.Cl. The Balaban J connectivity index is 0.00000264. The van der Waals surface area contributed by atoms with Gasteiger partial charge in [0, 0.05) is 35.0 Å². The zero-order valence-electron chi connectivity index (χ0n) is 13.5. The van der Waals surface area contributed by atoms with Gasteiger partial charge in [-0.25, -0.2) is 0 Å². The van der Waals surface area contributed by atoms with Gasteiger partial charge in [0.05, 0.1) is 6.10 Å². The number of nitrogens with one attached hydrogen (secondary N) is 1. The minimum Gasteiger partial charge on any atom is -0.378 e. The van der Waals surface area contributed by atoms with Gasteiger partial charge in [-0.2, -0.15) is 0 Å². The second-order valence-corrected chi connectivity index (χ2v) is 7.10. The Hall–Kier alpha value is -0.520. The summed E-state index contributed by atoms with van der Waals surface area (Å²) in [5.74, 6) is -0.181. The van der Waals surface area contributed by atoms with E-state index in [1.54, 1.807) is 18.2 Å². The molecule has 3 N–H and O–H groups in total. The number of hydrogen-bond donors (Lipinski definition) is 2. The maximum Gasteiger partial charge on any atom is 0.241 e. The first kappa shape index (κ1) is 20.5. The molecule has 1 aliphatic carbocycles. The number of halogens is 3. The van der Waals surface area contributed by atoms with E-state index in [4.69, 9.17) is 33.7 Å². The van der Waals surface area contributed by atoms with Gasteiger partial charge in [0.15, 0.2) is 0 Å². The van der Waals surface area contributed by atoms with Crippen molar-refractivity contribution in [3.8, 4) is 0 Å². The van der Waals surface area contributed by atoms with Gasteiger partial charge in [-0.05, 0) is 24.6 Å². The molecule has 1 aromatic carbocycles. The van der Waals surface area contributed by atoms with Crippen molar-refractivity contribution >= 4 is 41.5 Å². The molecule has 0 aromatic heterocycles. The topological polar surface area (TPSA) is 64.3 Å². The summed E-state index contributed by atoms with van der Waals surface area (Å²) in [4.78, 5) is 12.5. The van der Waals surface area contributed by atoms with Gasteiger partial charge in [0.2, 0.25) is 5.91 Å². The van der Waals surface area contributed by atoms with Crippen LogP contribution in [0.4, 0.5) is 0 Å². The Morgan fingerprint density at radius 1 is 1.43 bits per heavy atom. The van der Waals surface area contributed by atoms with E-state index >= 15 is 0 Å². The molecule has 1 saturated carbocycles. The fraction of sp³-hybridized carbons (Fsp3) is 0.562. The van der Waals surface area contributed by atoms with Gasteiger partial charge >= 0.3 is 0 Å². The minimum atomic E-state index is -0.925. The fourth-order valence-corrected chi connectivity index (χ4v) is 3.29. The van der Waals surface area contributed by atoms with Crippen LogP contribution in [0.2, 0.25) is 10.0 Å². The van der Waals surface area contributed by atoms with Crippen LogP contribution in [0, 0.1) is 5.41 Å². The number of ether oxygens (including phenoxy) is 1. The molecule has 7 heteroatoms. The number of carbonyl (C=O) groups is 1. The molecule has 2 atom stereocenters. The summed E-state index contributed by atoms with van der Waals surface area (Å²) in [5, 5.41) is 3.96. The summed E-state index contributed by atoms with van der Waals surface area (Å²) < 4.78 is 5.64. The average molecular weight is 382 g/mol. The van der Waals surface area contributed by atoms with Crippen LogP contribution >= 0.6 is 35.6 Å². The molecule has 0 radical (unpaired) electrons. The van der Waals surface area contributed by atoms with E-state index in [0.717, 1.165) is 5.56 Å². The van der Waals surface area contributed by atoms with Crippen molar-refractivity contribution in [2.45, 2.75) is 45.4 Å². The molecule has 130 valence electrons. The van der Waals surface area contributed by atoms with E-state index in [2.05, 4.69) is 5.32 Å². The van der Waals surface area contributed by atoms with Gasteiger partial charge < -0.3 is 15.8 Å². The predicted octanol–water partition coefficient (Wildman–Crippen LogP) is 3.56. The molecule has 0 spiro atoms. The molecule has 4 nitrogen and oxygen atoms in total. The highest BCUT2D eigenvalue weighted by Crippen LogP contribution is 2.49. The smallest absolute Gasteiger partial charge is 0.241 e. The summed E-state index contributed by atoms with van der Waals surface area (Å²) in [5.41, 5.74) is 5.80. The predicted molar refractivity (Wildman–Crippen MR) is 96.3 cm³/mol. The van der Waals surface area contributed by atoms with Crippen molar-refractivity contribution in [3.63, 3.8) is 0 Å². The van der Waals surface area contributed by atoms with Crippen LogP contribution in [0.5, 0.6) is 0 Å². The van der Waals surface area contributed by atoms with E-state index in [0.29, 0.717) is 29.6 Å². The molecule has 23 heavy (non-hydrogen) atoms. The second kappa shape index (κ2) is 7.58. The molecule has 1 aromatic rings. The fourth-order valence-electron chi connectivity index (χ4n) is 2.82. The molecule has 1 aliphatic rings. The highest BCUT2D eigenvalue weighted by atomic mass is 35.5. The highest BCUT2D eigenvalue weighted by molar-refractivity contribution is 6.35. The van der Waals surface area contributed by atoms with Crippen LogP contribution in [0.3, 0.4) is 0 Å². The van der Waals surface area contributed by atoms with E-state index in [1.807, 2.05) is 20.8 Å². The van der Waals surface area contributed by atoms with E-state index in [-0.39, 0.29) is 24.4 Å². The van der Waals surface area contributed by atoms with Crippen molar-refractivity contribution in [1.29, 1.82) is 0 Å². The molecule has 2 unspecified atom stereocenters. The van der Waals surface area contributed by atoms with Crippen molar-refractivity contribution in [2.75, 3.05) is 6.61 Å². The third kappa shape index (κ3) is 3.77. The number of hydrogen-bond acceptors (Lipinski definition) is 3. The summed E-state index contributed by atoms with van der Waals surface area (Å²) in [6.07, 6.45) is 0.529. The molecule has 1 amide bonds. The standard InChI is InChI=1S/C16H22Cl2N2O2.ClH/c1-4-22-13-8-16(19,15(13,2)3)14(21)20-9-10-5-6-11(17)7-12(10)18;/h5-7,13H,4,8-9,19H2,1-3H3,(H,20,21);1H. The summed E-state index contributed by atoms with van der Waals surface area (Å²) in [7, 11) is 0. The lowest BCUT2D eigenvalue weighted by Crippen LogP contribution is -2.75. The number of rotatable bonds is 5. The van der Waals surface area contributed by atoms with Crippen molar-refractivity contribution in [1.82, 2.24) is 5.32 Å². The van der Waals surface area contributed by atoms with Crippen LogP contribution in [0.1, 0.15) is 32.8 Å². The first-order valence-electron chi connectivity index (χ1n) is 7.35. The van der Waals surface area contributed by atoms with Gasteiger partial charge in [-0.1, -0.05) is 43.1 Å². The van der Waals surface area contributed by atoms with Crippen molar-refractivity contribution in [3.05, 3.63) is 33.8 Å². The van der Waals surface area contributed by atoms with Gasteiger partial charge in [-0.3, -0.25) is 4.79 Å². The van der Waals surface area contributed by atoms with Crippen LogP contribution in [0.25, 0.3) is 0 Å². The van der Waals surface area contributed by atoms with E-state index in [1.165, 1.54) is 0 Å². The maximum atomic E-state index is 12.5. The van der Waals surface area contributed by atoms with Crippen LogP contribution < -0.4 is 11.1 Å². The third-order valence-corrected chi connectivity index (χ3v) is 5.28. The quantitative estimate of drug-likeness (QED) is 0.819. The first-order valence-corrected chi connectivity index (χ1v) is 8.10. The number of amides is 1. The third-order valence-electron chi connectivity index (χ3n) is 4.69. The molecule has 0 aliphatic heterocycles. The van der Waals surface area contributed by atoms with Gasteiger partial charge in [0.25, 0.3) is 0 Å². The molecular weight excluding hydrogens is 359 g/mol. The lowest BCUT2D eigenvalue weighted by atomic mass is 9.54. The molecule has 0 saturated heterocycles. The Morgan fingerprint density at radius 3 is 2.61 bits per heavy atom. The molecule has 0 bridgehead atoms. The number of nitrogens with two attached hydrogens (primary N) is 1. The monoisotopic (exact) mass is 380 g/mol. The van der Waals surface area contributed by atoms with Crippen molar-refractivity contribution < 1.29 is 9.53 Å². The largest absolute Gasteiger partial charge is 0.378 e. The molecular formula is C16H23Cl3N2O2. The zero-order valence-corrected chi connectivity index (χ0v) is 15.8. The van der Waals surface area contributed by atoms with E-state index < -0.39 is 11.0 Å². The molecule has 2 rings (SSSR count). The Morgan fingerprint density at radius 2 is 2.09 bits per heavy atom. The zero-order chi connectivity index (χ0) is 16.5.